The van der Waals surface area contributed by atoms with Crippen molar-refractivity contribution in [2.45, 2.75) is 19.8 Å². The molecule has 0 radical (unpaired) electrons. The number of carbonyl (C=O) groups is 1. The van der Waals surface area contributed by atoms with E-state index in [0.29, 0.717) is 18.6 Å². The largest absolute Gasteiger partial charge is 0.492 e. The standard InChI is InChI=1S/C18H16N2O2/c1-11-7-14-8-12(10-19-18(14)20-11)9-16(21)15-4-2-3-13-5-6-22-17(13)15/h2-4,7-8,10H,5-6,9H2,1H3,(H,19,20). The predicted octanol–water partition coefficient (Wildman–Crippen LogP) is 3.23. The van der Waals surface area contributed by atoms with Gasteiger partial charge in [-0.2, -0.15) is 0 Å². The van der Waals surface area contributed by atoms with E-state index in [2.05, 4.69) is 9.97 Å². The lowest BCUT2D eigenvalue weighted by Gasteiger charge is -2.07. The number of hydrogen-bond acceptors (Lipinski definition) is 3. The molecular formula is C18H16N2O2. The lowest BCUT2D eigenvalue weighted by atomic mass is 10.0. The van der Waals surface area contributed by atoms with E-state index in [1.807, 2.05) is 37.3 Å². The first-order chi connectivity index (χ1) is 10.7. The zero-order valence-corrected chi connectivity index (χ0v) is 12.3. The number of nitrogens with one attached hydrogen (secondary N) is 1. The molecule has 0 aliphatic carbocycles. The summed E-state index contributed by atoms with van der Waals surface area (Å²) in [6.07, 6.45) is 2.99. The van der Waals surface area contributed by atoms with Gasteiger partial charge in [0.1, 0.15) is 11.4 Å². The first-order valence-corrected chi connectivity index (χ1v) is 7.43. The van der Waals surface area contributed by atoms with Crippen molar-refractivity contribution in [1.82, 2.24) is 9.97 Å². The minimum absolute atomic E-state index is 0.0761. The number of ether oxygens (including phenoxy) is 1. The number of benzene rings is 1. The van der Waals surface area contributed by atoms with Gasteiger partial charge in [-0.1, -0.05) is 12.1 Å². The highest BCUT2D eigenvalue weighted by Crippen LogP contribution is 2.30. The number of fused-ring (bicyclic) bond motifs is 2. The lowest BCUT2D eigenvalue weighted by Crippen LogP contribution is -2.06. The second-order valence-electron chi connectivity index (χ2n) is 5.73. The summed E-state index contributed by atoms with van der Waals surface area (Å²) < 4.78 is 5.62. The van der Waals surface area contributed by atoms with Gasteiger partial charge in [0, 0.05) is 30.1 Å². The van der Waals surface area contributed by atoms with E-state index >= 15 is 0 Å². The topological polar surface area (TPSA) is 55.0 Å². The van der Waals surface area contributed by atoms with E-state index in [4.69, 9.17) is 4.74 Å². The number of aromatic nitrogens is 2. The van der Waals surface area contributed by atoms with Gasteiger partial charge in [-0.3, -0.25) is 4.79 Å². The number of carbonyl (C=O) groups excluding carboxylic acids is 1. The Morgan fingerprint density at radius 1 is 1.36 bits per heavy atom. The second-order valence-corrected chi connectivity index (χ2v) is 5.73. The fourth-order valence-electron chi connectivity index (χ4n) is 3.01. The molecule has 1 N–H and O–H groups in total. The number of para-hydroxylation sites is 1. The molecule has 22 heavy (non-hydrogen) atoms. The van der Waals surface area contributed by atoms with Crippen LogP contribution in [0.1, 0.15) is 27.2 Å². The molecule has 1 aromatic carbocycles. The Bertz CT molecular complexity index is 880. The van der Waals surface area contributed by atoms with Gasteiger partial charge >= 0.3 is 0 Å². The van der Waals surface area contributed by atoms with Gasteiger partial charge in [-0.15, -0.1) is 0 Å². The fourth-order valence-corrected chi connectivity index (χ4v) is 3.01. The fraction of sp³-hybridized carbons (Fsp3) is 0.222. The van der Waals surface area contributed by atoms with Crippen LogP contribution >= 0.6 is 0 Å². The van der Waals surface area contributed by atoms with Gasteiger partial charge in [-0.05, 0) is 36.2 Å². The Kier molecular flexibility index (Phi) is 2.96. The van der Waals surface area contributed by atoms with Gasteiger partial charge in [0.05, 0.1) is 12.2 Å². The molecule has 3 heterocycles. The highest BCUT2D eigenvalue weighted by atomic mass is 16.5. The molecule has 0 amide bonds. The average molecular weight is 292 g/mol. The van der Waals surface area contributed by atoms with Crippen LogP contribution in [-0.4, -0.2) is 22.4 Å². The number of nitrogens with zero attached hydrogens (tertiary/aromatic N) is 1. The zero-order chi connectivity index (χ0) is 15.1. The molecule has 4 rings (SSSR count). The Hall–Kier alpha value is -2.62. The van der Waals surface area contributed by atoms with Crippen LogP contribution in [0.3, 0.4) is 0 Å². The van der Waals surface area contributed by atoms with Crippen molar-refractivity contribution >= 4 is 16.8 Å². The molecule has 3 aromatic rings. The molecule has 2 aromatic heterocycles. The summed E-state index contributed by atoms with van der Waals surface area (Å²) in [5, 5.41) is 1.04. The maximum absolute atomic E-state index is 12.6. The Balaban J connectivity index is 1.64. The number of hydrogen-bond donors (Lipinski definition) is 1. The number of aromatic amines is 1. The monoisotopic (exact) mass is 292 g/mol. The van der Waals surface area contributed by atoms with Crippen molar-refractivity contribution in [3.8, 4) is 5.75 Å². The second kappa shape index (κ2) is 4.98. The number of pyridine rings is 1. The molecule has 1 aliphatic heterocycles. The summed E-state index contributed by atoms with van der Waals surface area (Å²) in [6.45, 7) is 2.66. The quantitative estimate of drug-likeness (QED) is 0.754. The van der Waals surface area contributed by atoms with Crippen LogP contribution < -0.4 is 4.74 Å². The number of rotatable bonds is 3. The summed E-state index contributed by atoms with van der Waals surface area (Å²) >= 11 is 0. The molecule has 0 spiro atoms. The van der Waals surface area contributed by atoms with Crippen molar-refractivity contribution in [3.63, 3.8) is 0 Å². The molecular weight excluding hydrogens is 276 g/mol. The number of Topliss-reactive ketones (excluding diaryl/α,β-unsaturated/α-hetero) is 1. The third-order valence-electron chi connectivity index (χ3n) is 4.04. The van der Waals surface area contributed by atoms with Crippen molar-refractivity contribution in [3.05, 3.63) is 58.9 Å². The maximum atomic E-state index is 12.6. The Morgan fingerprint density at radius 2 is 2.27 bits per heavy atom. The molecule has 0 fully saturated rings. The third-order valence-corrected chi connectivity index (χ3v) is 4.04. The molecule has 110 valence electrons. The van der Waals surface area contributed by atoms with E-state index in [-0.39, 0.29) is 5.78 Å². The van der Waals surface area contributed by atoms with Crippen LogP contribution in [0.25, 0.3) is 11.0 Å². The average Bonchev–Trinajstić information content (AvgIpc) is 3.11. The van der Waals surface area contributed by atoms with Crippen LogP contribution in [0.2, 0.25) is 0 Å². The first kappa shape index (κ1) is 13.1. The smallest absolute Gasteiger partial charge is 0.171 e. The highest BCUT2D eigenvalue weighted by molar-refractivity contribution is 6.00. The van der Waals surface area contributed by atoms with Crippen LogP contribution in [-0.2, 0) is 12.8 Å². The van der Waals surface area contributed by atoms with E-state index in [9.17, 15) is 4.79 Å². The molecule has 0 atom stereocenters. The molecule has 4 nitrogen and oxygen atoms in total. The van der Waals surface area contributed by atoms with Gasteiger partial charge in [0.15, 0.2) is 5.78 Å². The summed E-state index contributed by atoms with van der Waals surface area (Å²) in [4.78, 5) is 20.2. The van der Waals surface area contributed by atoms with Gasteiger partial charge < -0.3 is 9.72 Å². The van der Waals surface area contributed by atoms with E-state index in [1.165, 1.54) is 0 Å². The predicted molar refractivity (Wildman–Crippen MR) is 84.5 cm³/mol. The lowest BCUT2D eigenvalue weighted by molar-refractivity contribution is 0.0990. The SMILES string of the molecule is Cc1cc2cc(CC(=O)c3cccc4c3OCC4)cnc2[nH]1. The number of H-pyrrole nitrogens is 1. The number of aryl methyl sites for hydroxylation is 1. The minimum Gasteiger partial charge on any atom is -0.492 e. The van der Waals surface area contributed by atoms with Crippen molar-refractivity contribution in [1.29, 1.82) is 0 Å². The van der Waals surface area contributed by atoms with Crippen LogP contribution in [0, 0.1) is 6.92 Å². The van der Waals surface area contributed by atoms with Crippen molar-refractivity contribution < 1.29 is 9.53 Å². The van der Waals surface area contributed by atoms with Gasteiger partial charge in [0.2, 0.25) is 0 Å². The summed E-state index contributed by atoms with van der Waals surface area (Å²) in [7, 11) is 0. The van der Waals surface area contributed by atoms with Gasteiger partial charge in [0.25, 0.3) is 0 Å². The van der Waals surface area contributed by atoms with Gasteiger partial charge in [-0.25, -0.2) is 4.98 Å². The minimum atomic E-state index is 0.0761. The molecule has 0 bridgehead atoms. The molecule has 1 aliphatic rings. The Morgan fingerprint density at radius 3 is 3.18 bits per heavy atom. The molecule has 0 saturated carbocycles. The number of ketones is 1. The van der Waals surface area contributed by atoms with E-state index in [0.717, 1.165) is 40.0 Å². The first-order valence-electron chi connectivity index (χ1n) is 7.43. The highest BCUT2D eigenvalue weighted by Gasteiger charge is 2.20. The Labute approximate surface area is 128 Å². The van der Waals surface area contributed by atoms with E-state index < -0.39 is 0 Å². The molecule has 4 heteroatoms. The summed E-state index contributed by atoms with van der Waals surface area (Å²) in [5.41, 5.74) is 4.66. The van der Waals surface area contributed by atoms with Crippen LogP contribution in [0.4, 0.5) is 0 Å². The van der Waals surface area contributed by atoms with Crippen LogP contribution in [0.5, 0.6) is 5.75 Å². The van der Waals surface area contributed by atoms with Crippen LogP contribution in [0.15, 0.2) is 36.5 Å². The molecule has 0 saturated heterocycles. The normalized spacial score (nSPS) is 13.1. The zero-order valence-electron chi connectivity index (χ0n) is 12.3. The summed E-state index contributed by atoms with van der Waals surface area (Å²) in [5.74, 6) is 0.839. The van der Waals surface area contributed by atoms with Crippen molar-refractivity contribution in [2.24, 2.45) is 0 Å². The summed E-state index contributed by atoms with van der Waals surface area (Å²) in [6, 6.07) is 9.86. The van der Waals surface area contributed by atoms with Crippen molar-refractivity contribution in [2.75, 3.05) is 6.61 Å². The maximum Gasteiger partial charge on any atom is 0.171 e. The molecule has 0 unspecified atom stereocenters. The third kappa shape index (κ3) is 2.17. The van der Waals surface area contributed by atoms with E-state index in [1.54, 1.807) is 6.20 Å².